The maximum Gasteiger partial charge on any atom is 0.262 e. The van der Waals surface area contributed by atoms with Crippen molar-refractivity contribution in [2.24, 2.45) is 0 Å². The Kier molecular flexibility index (Phi) is 1.87. The number of nitrogens with zero attached hydrogens (tertiary/aromatic N) is 3. The van der Waals surface area contributed by atoms with Gasteiger partial charge in [0.15, 0.2) is 0 Å². The van der Waals surface area contributed by atoms with Gasteiger partial charge in [0.1, 0.15) is 0 Å². The SMILES string of the molecule is Cc1cn2c(=O)c3c(nc2nc1C)CCC3. The highest BCUT2D eigenvalue weighted by Crippen LogP contribution is 2.16. The molecule has 0 saturated heterocycles. The standard InChI is InChI=1S/C12H13N3O/c1-7-6-15-11(16)9-4-3-5-10(9)14-12(15)13-8(7)2/h6H,3-5H2,1-2H3. The number of hydrogen-bond acceptors (Lipinski definition) is 3. The third-order valence-corrected chi connectivity index (χ3v) is 3.28. The monoisotopic (exact) mass is 215 g/mol. The van der Waals surface area contributed by atoms with Crippen molar-refractivity contribution in [2.75, 3.05) is 0 Å². The average molecular weight is 215 g/mol. The summed E-state index contributed by atoms with van der Waals surface area (Å²) in [5.74, 6) is 0.536. The van der Waals surface area contributed by atoms with Crippen LogP contribution in [0.3, 0.4) is 0 Å². The smallest absolute Gasteiger partial charge is 0.262 e. The Morgan fingerprint density at radius 1 is 1.25 bits per heavy atom. The second-order valence-electron chi connectivity index (χ2n) is 4.38. The van der Waals surface area contributed by atoms with E-state index in [9.17, 15) is 4.79 Å². The van der Waals surface area contributed by atoms with Gasteiger partial charge in [-0.15, -0.1) is 0 Å². The quantitative estimate of drug-likeness (QED) is 0.663. The van der Waals surface area contributed by atoms with Gasteiger partial charge in [-0.3, -0.25) is 9.20 Å². The maximum absolute atomic E-state index is 12.2. The maximum atomic E-state index is 12.2. The Balaban J connectivity index is 2.46. The summed E-state index contributed by atoms with van der Waals surface area (Å²) in [7, 11) is 0. The predicted molar refractivity (Wildman–Crippen MR) is 60.8 cm³/mol. The summed E-state index contributed by atoms with van der Waals surface area (Å²) in [5.41, 5.74) is 3.84. The summed E-state index contributed by atoms with van der Waals surface area (Å²) >= 11 is 0. The molecule has 1 aliphatic rings. The number of aryl methyl sites for hydroxylation is 3. The minimum absolute atomic E-state index is 0.0631. The van der Waals surface area contributed by atoms with E-state index in [0.29, 0.717) is 5.78 Å². The van der Waals surface area contributed by atoms with Gasteiger partial charge in [0.25, 0.3) is 5.56 Å². The van der Waals surface area contributed by atoms with Crippen molar-refractivity contribution in [1.82, 2.24) is 14.4 Å². The van der Waals surface area contributed by atoms with E-state index in [-0.39, 0.29) is 5.56 Å². The molecule has 0 saturated carbocycles. The van der Waals surface area contributed by atoms with Crippen molar-refractivity contribution in [3.05, 3.63) is 39.1 Å². The summed E-state index contributed by atoms with van der Waals surface area (Å²) in [6.07, 6.45) is 4.64. The van der Waals surface area contributed by atoms with E-state index >= 15 is 0 Å². The first kappa shape index (κ1) is 9.51. The van der Waals surface area contributed by atoms with Crippen LogP contribution in [0.4, 0.5) is 0 Å². The zero-order valence-corrected chi connectivity index (χ0v) is 9.45. The van der Waals surface area contributed by atoms with Crippen molar-refractivity contribution < 1.29 is 0 Å². The van der Waals surface area contributed by atoms with Crippen LogP contribution in [-0.4, -0.2) is 14.4 Å². The average Bonchev–Trinajstić information content (AvgIpc) is 2.70. The van der Waals surface area contributed by atoms with Crippen LogP contribution < -0.4 is 5.56 Å². The number of rotatable bonds is 0. The molecule has 0 unspecified atom stereocenters. The van der Waals surface area contributed by atoms with E-state index in [4.69, 9.17) is 0 Å². The van der Waals surface area contributed by atoms with Gasteiger partial charge < -0.3 is 0 Å². The van der Waals surface area contributed by atoms with E-state index in [1.165, 1.54) is 0 Å². The molecule has 1 aliphatic carbocycles. The summed E-state index contributed by atoms with van der Waals surface area (Å²) in [6, 6.07) is 0. The largest absolute Gasteiger partial charge is 0.269 e. The van der Waals surface area contributed by atoms with Crippen LogP contribution in [0.2, 0.25) is 0 Å². The fourth-order valence-electron chi connectivity index (χ4n) is 2.21. The lowest BCUT2D eigenvalue weighted by Gasteiger charge is -2.06. The van der Waals surface area contributed by atoms with Gasteiger partial charge in [0.05, 0.1) is 5.69 Å². The first-order valence-corrected chi connectivity index (χ1v) is 5.55. The topological polar surface area (TPSA) is 47.3 Å². The lowest BCUT2D eigenvalue weighted by atomic mass is 10.2. The lowest BCUT2D eigenvalue weighted by molar-refractivity contribution is 0.899. The normalized spacial score (nSPS) is 14.4. The van der Waals surface area contributed by atoms with Gasteiger partial charge in [-0.25, -0.2) is 9.97 Å². The second kappa shape index (κ2) is 3.14. The molecule has 2 aromatic rings. The van der Waals surface area contributed by atoms with Crippen LogP contribution in [0.25, 0.3) is 5.78 Å². The Morgan fingerprint density at radius 3 is 2.88 bits per heavy atom. The zero-order chi connectivity index (χ0) is 11.3. The second-order valence-corrected chi connectivity index (χ2v) is 4.38. The minimum Gasteiger partial charge on any atom is -0.269 e. The van der Waals surface area contributed by atoms with Gasteiger partial charge >= 0.3 is 0 Å². The van der Waals surface area contributed by atoms with Crippen LogP contribution in [0.15, 0.2) is 11.0 Å². The van der Waals surface area contributed by atoms with Crippen molar-refractivity contribution in [2.45, 2.75) is 33.1 Å². The molecule has 2 aromatic heterocycles. The van der Waals surface area contributed by atoms with Crippen molar-refractivity contribution >= 4 is 5.78 Å². The molecule has 82 valence electrons. The third kappa shape index (κ3) is 1.19. The van der Waals surface area contributed by atoms with E-state index in [1.54, 1.807) is 4.40 Å². The van der Waals surface area contributed by atoms with Gasteiger partial charge in [-0.05, 0) is 38.7 Å². The van der Waals surface area contributed by atoms with Crippen LogP contribution >= 0.6 is 0 Å². The molecule has 16 heavy (non-hydrogen) atoms. The number of aromatic nitrogens is 3. The predicted octanol–water partition coefficient (Wildman–Crippen LogP) is 1.20. The molecule has 0 amide bonds. The molecule has 0 spiro atoms. The molecular formula is C12H13N3O. The van der Waals surface area contributed by atoms with E-state index in [2.05, 4.69) is 9.97 Å². The third-order valence-electron chi connectivity index (χ3n) is 3.28. The molecular weight excluding hydrogens is 202 g/mol. The highest BCUT2D eigenvalue weighted by atomic mass is 16.1. The minimum atomic E-state index is 0.0631. The van der Waals surface area contributed by atoms with E-state index in [0.717, 1.165) is 41.8 Å². The van der Waals surface area contributed by atoms with Crippen molar-refractivity contribution in [3.63, 3.8) is 0 Å². The van der Waals surface area contributed by atoms with Gasteiger partial charge in [0.2, 0.25) is 5.78 Å². The molecule has 0 N–H and O–H groups in total. The summed E-state index contributed by atoms with van der Waals surface area (Å²) < 4.78 is 1.58. The van der Waals surface area contributed by atoms with Crippen LogP contribution in [0.1, 0.15) is 28.9 Å². The van der Waals surface area contributed by atoms with E-state index < -0.39 is 0 Å². The van der Waals surface area contributed by atoms with Gasteiger partial charge in [0, 0.05) is 17.5 Å². The Hall–Kier alpha value is -1.71. The van der Waals surface area contributed by atoms with Crippen molar-refractivity contribution in [1.29, 1.82) is 0 Å². The molecule has 0 aliphatic heterocycles. The Bertz CT molecular complexity index is 643. The highest BCUT2D eigenvalue weighted by molar-refractivity contribution is 5.37. The molecule has 3 rings (SSSR count). The summed E-state index contributed by atoms with van der Waals surface area (Å²) in [4.78, 5) is 21.0. The zero-order valence-electron chi connectivity index (χ0n) is 9.45. The number of hydrogen-bond donors (Lipinski definition) is 0. The molecule has 2 heterocycles. The van der Waals surface area contributed by atoms with E-state index in [1.807, 2.05) is 20.0 Å². The molecule has 0 fully saturated rings. The Morgan fingerprint density at radius 2 is 2.06 bits per heavy atom. The van der Waals surface area contributed by atoms with Gasteiger partial charge in [-0.1, -0.05) is 0 Å². The van der Waals surface area contributed by atoms with Crippen molar-refractivity contribution in [3.8, 4) is 0 Å². The molecule has 4 nitrogen and oxygen atoms in total. The number of fused-ring (bicyclic) bond motifs is 2. The van der Waals surface area contributed by atoms with Crippen LogP contribution in [0, 0.1) is 13.8 Å². The fourth-order valence-corrected chi connectivity index (χ4v) is 2.21. The summed E-state index contributed by atoms with van der Waals surface area (Å²) in [6.45, 7) is 3.90. The van der Waals surface area contributed by atoms with Gasteiger partial charge in [-0.2, -0.15) is 0 Å². The summed E-state index contributed by atoms with van der Waals surface area (Å²) in [5, 5.41) is 0. The highest BCUT2D eigenvalue weighted by Gasteiger charge is 2.18. The molecule has 0 radical (unpaired) electrons. The molecule has 4 heteroatoms. The molecule has 0 aromatic carbocycles. The lowest BCUT2D eigenvalue weighted by Crippen LogP contribution is -2.21. The fraction of sp³-hybridized carbons (Fsp3) is 0.417. The van der Waals surface area contributed by atoms with Crippen LogP contribution in [0.5, 0.6) is 0 Å². The Labute approximate surface area is 93.0 Å². The molecule has 0 bridgehead atoms. The first-order valence-electron chi connectivity index (χ1n) is 5.55. The molecule has 0 atom stereocenters. The first-order chi connectivity index (χ1) is 7.66. The van der Waals surface area contributed by atoms with Crippen LogP contribution in [-0.2, 0) is 12.8 Å².